The molecule has 2 aromatic heterocycles. The number of nitrogens with zero attached hydrogens (tertiary/aromatic N) is 4. The Labute approximate surface area is 171 Å². The number of rotatable bonds is 5. The molecule has 1 saturated heterocycles. The molecule has 1 N–H and O–H groups in total. The normalized spacial score (nSPS) is 14.7. The number of hydrogen-bond acceptors (Lipinski definition) is 5. The molecule has 0 radical (unpaired) electrons. The number of aromatic nitrogens is 3. The van der Waals surface area contributed by atoms with E-state index < -0.39 is 0 Å². The van der Waals surface area contributed by atoms with Crippen LogP contribution in [0.3, 0.4) is 0 Å². The Morgan fingerprint density at radius 2 is 2.04 bits per heavy atom. The van der Waals surface area contributed by atoms with Crippen LogP contribution in [0.25, 0.3) is 10.6 Å². The fourth-order valence-corrected chi connectivity index (χ4v) is 4.09. The molecule has 9 heteroatoms. The first-order chi connectivity index (χ1) is 11.6. The monoisotopic (exact) mass is 419 g/mol. The Morgan fingerprint density at radius 3 is 2.62 bits per heavy atom. The van der Waals surface area contributed by atoms with Gasteiger partial charge >= 0.3 is 0 Å². The van der Waals surface area contributed by atoms with Crippen molar-refractivity contribution in [2.45, 2.75) is 26.7 Å². The van der Waals surface area contributed by atoms with Gasteiger partial charge in [0.15, 0.2) is 0 Å². The van der Waals surface area contributed by atoms with E-state index in [0.29, 0.717) is 5.92 Å². The molecule has 1 aliphatic heterocycles. The molecule has 3 rings (SSSR count). The van der Waals surface area contributed by atoms with Crippen LogP contribution in [0.2, 0.25) is 0 Å². The number of piperidine rings is 1. The summed E-state index contributed by atoms with van der Waals surface area (Å²) < 4.78 is 1.75. The third-order valence-corrected chi connectivity index (χ3v) is 5.72. The number of nitrogens with one attached hydrogen (secondary N) is 1. The molecular weight excluding hydrogens is 393 g/mol. The average Bonchev–Trinajstić information content (AvgIpc) is 3.18. The molecule has 3 heterocycles. The summed E-state index contributed by atoms with van der Waals surface area (Å²) in [4.78, 5) is 20.2. The van der Waals surface area contributed by atoms with Gasteiger partial charge in [-0.1, -0.05) is 6.92 Å². The lowest BCUT2D eigenvalue weighted by Gasteiger charge is -2.31. The maximum Gasteiger partial charge on any atom is 0.265 e. The van der Waals surface area contributed by atoms with Crippen LogP contribution in [0.4, 0.5) is 0 Å². The molecule has 1 aliphatic rings. The zero-order valence-corrected chi connectivity index (χ0v) is 17.8. The highest BCUT2D eigenvalue weighted by Crippen LogP contribution is 2.29. The number of amides is 1. The van der Waals surface area contributed by atoms with Crippen molar-refractivity contribution < 1.29 is 4.79 Å². The molecule has 1 fully saturated rings. The summed E-state index contributed by atoms with van der Waals surface area (Å²) in [7, 11) is 1.88. The van der Waals surface area contributed by atoms with Gasteiger partial charge < -0.3 is 10.2 Å². The van der Waals surface area contributed by atoms with Gasteiger partial charge in [0.25, 0.3) is 5.91 Å². The summed E-state index contributed by atoms with van der Waals surface area (Å²) in [5, 5.41) is 8.46. The van der Waals surface area contributed by atoms with E-state index in [2.05, 4.69) is 22.3 Å². The quantitative estimate of drug-likeness (QED) is 0.807. The fraction of sp³-hybridized carbons (Fsp3) is 0.588. The van der Waals surface area contributed by atoms with E-state index in [4.69, 9.17) is 0 Å². The van der Waals surface area contributed by atoms with Crippen LogP contribution < -0.4 is 5.32 Å². The van der Waals surface area contributed by atoms with E-state index in [-0.39, 0.29) is 30.7 Å². The van der Waals surface area contributed by atoms with Gasteiger partial charge in [-0.15, -0.1) is 36.2 Å². The van der Waals surface area contributed by atoms with Crippen LogP contribution in [-0.2, 0) is 7.05 Å². The second-order valence-electron chi connectivity index (χ2n) is 6.38. The number of likely N-dealkylation sites (tertiary alicyclic amines) is 1. The van der Waals surface area contributed by atoms with E-state index in [1.54, 1.807) is 10.9 Å². The van der Waals surface area contributed by atoms with Gasteiger partial charge in [0, 0.05) is 31.9 Å². The number of thiazole rings is 1. The van der Waals surface area contributed by atoms with Crippen LogP contribution in [0, 0.1) is 12.8 Å². The van der Waals surface area contributed by atoms with Gasteiger partial charge in [-0.3, -0.25) is 9.48 Å². The van der Waals surface area contributed by atoms with E-state index in [9.17, 15) is 4.79 Å². The molecular formula is C17H27Cl2N5OS. The molecule has 2 aromatic rings. The average molecular weight is 420 g/mol. The molecule has 0 unspecified atom stereocenters. The van der Waals surface area contributed by atoms with Crippen molar-refractivity contribution >= 4 is 42.1 Å². The Balaban J connectivity index is 0.00000169. The summed E-state index contributed by atoms with van der Waals surface area (Å²) in [5.41, 5.74) is 1.78. The predicted octanol–water partition coefficient (Wildman–Crippen LogP) is 3.16. The second kappa shape index (κ2) is 10.3. The predicted molar refractivity (Wildman–Crippen MR) is 111 cm³/mol. The molecule has 6 nitrogen and oxygen atoms in total. The van der Waals surface area contributed by atoms with Crippen molar-refractivity contribution in [2.24, 2.45) is 13.0 Å². The summed E-state index contributed by atoms with van der Waals surface area (Å²) in [6, 6.07) is 0. The minimum atomic E-state index is 0. The molecule has 26 heavy (non-hydrogen) atoms. The SMILES string of the molecule is CCNCC1CCN(C(=O)c2sc(-c3cnn(C)c3)nc2C)CC1.Cl.Cl. The van der Waals surface area contributed by atoms with E-state index in [1.807, 2.05) is 25.1 Å². The van der Waals surface area contributed by atoms with E-state index in [1.165, 1.54) is 11.3 Å². The third kappa shape index (κ3) is 5.19. The van der Waals surface area contributed by atoms with Crippen molar-refractivity contribution in [1.82, 2.24) is 25.0 Å². The maximum absolute atomic E-state index is 12.9. The lowest BCUT2D eigenvalue weighted by molar-refractivity contribution is 0.0694. The van der Waals surface area contributed by atoms with Gasteiger partial charge in [0.05, 0.1) is 11.9 Å². The number of carbonyl (C=O) groups is 1. The van der Waals surface area contributed by atoms with Crippen LogP contribution in [0.1, 0.15) is 35.1 Å². The summed E-state index contributed by atoms with van der Waals surface area (Å²) in [6.45, 7) is 7.80. The summed E-state index contributed by atoms with van der Waals surface area (Å²) >= 11 is 1.47. The second-order valence-corrected chi connectivity index (χ2v) is 7.38. The molecule has 0 aliphatic carbocycles. The number of aryl methyl sites for hydroxylation is 2. The maximum atomic E-state index is 12.9. The van der Waals surface area contributed by atoms with E-state index >= 15 is 0 Å². The number of hydrogen-bond donors (Lipinski definition) is 1. The van der Waals surface area contributed by atoms with Gasteiger partial charge in [-0.05, 0) is 38.8 Å². The Morgan fingerprint density at radius 1 is 1.35 bits per heavy atom. The minimum absolute atomic E-state index is 0. The first-order valence-electron chi connectivity index (χ1n) is 8.55. The van der Waals surface area contributed by atoms with Gasteiger partial charge in [0.1, 0.15) is 9.88 Å². The highest BCUT2D eigenvalue weighted by atomic mass is 35.5. The standard InChI is InChI=1S/C17H25N5OS.2ClH/c1-4-18-9-13-5-7-22(8-6-13)17(23)15-12(2)20-16(24-15)14-10-19-21(3)11-14;;/h10-11,13,18H,4-9H2,1-3H3;2*1H. The van der Waals surface area contributed by atoms with Crippen LogP contribution in [0.5, 0.6) is 0 Å². The zero-order chi connectivity index (χ0) is 17.1. The Hall–Kier alpha value is -1.15. The van der Waals surface area contributed by atoms with Crippen molar-refractivity contribution in [1.29, 1.82) is 0 Å². The highest BCUT2D eigenvalue weighted by molar-refractivity contribution is 7.17. The lowest BCUT2D eigenvalue weighted by Crippen LogP contribution is -2.40. The molecule has 1 amide bonds. The van der Waals surface area contributed by atoms with Gasteiger partial charge in [-0.2, -0.15) is 5.10 Å². The zero-order valence-electron chi connectivity index (χ0n) is 15.4. The molecule has 0 saturated carbocycles. The summed E-state index contributed by atoms with van der Waals surface area (Å²) in [6.07, 6.45) is 5.87. The Kier molecular flexibility index (Phi) is 9.03. The van der Waals surface area contributed by atoms with Gasteiger partial charge in [-0.25, -0.2) is 4.98 Å². The van der Waals surface area contributed by atoms with Gasteiger partial charge in [0.2, 0.25) is 0 Å². The topological polar surface area (TPSA) is 63.1 Å². The lowest BCUT2D eigenvalue weighted by atomic mass is 9.96. The smallest absolute Gasteiger partial charge is 0.265 e. The molecule has 146 valence electrons. The van der Waals surface area contributed by atoms with Crippen LogP contribution in [-0.4, -0.2) is 51.8 Å². The highest BCUT2D eigenvalue weighted by Gasteiger charge is 2.26. The Bertz CT molecular complexity index is 710. The van der Waals surface area contributed by atoms with Crippen molar-refractivity contribution in [2.75, 3.05) is 26.2 Å². The minimum Gasteiger partial charge on any atom is -0.338 e. The molecule has 0 atom stereocenters. The van der Waals surface area contributed by atoms with Crippen LogP contribution in [0.15, 0.2) is 12.4 Å². The van der Waals surface area contributed by atoms with Crippen LogP contribution >= 0.6 is 36.2 Å². The fourth-order valence-electron chi connectivity index (χ4n) is 3.08. The molecule has 0 bridgehead atoms. The largest absolute Gasteiger partial charge is 0.338 e. The first-order valence-corrected chi connectivity index (χ1v) is 9.36. The summed E-state index contributed by atoms with van der Waals surface area (Å²) in [5.74, 6) is 0.810. The third-order valence-electron chi connectivity index (χ3n) is 4.53. The van der Waals surface area contributed by atoms with E-state index in [0.717, 1.165) is 60.2 Å². The van der Waals surface area contributed by atoms with Crippen molar-refractivity contribution in [3.05, 3.63) is 23.0 Å². The molecule has 0 aromatic carbocycles. The van der Waals surface area contributed by atoms with Crippen molar-refractivity contribution in [3.63, 3.8) is 0 Å². The first kappa shape index (κ1) is 22.9. The number of carbonyl (C=O) groups excluding carboxylic acids is 1. The number of halogens is 2. The van der Waals surface area contributed by atoms with Crippen molar-refractivity contribution in [3.8, 4) is 10.6 Å². The molecule has 0 spiro atoms.